The number of anilines is 1. The van der Waals surface area contributed by atoms with Crippen molar-refractivity contribution in [3.05, 3.63) is 42.4 Å². The van der Waals surface area contributed by atoms with Crippen molar-refractivity contribution in [2.24, 2.45) is 0 Å². The van der Waals surface area contributed by atoms with Crippen LogP contribution < -0.4 is 5.32 Å². The number of thioether (sulfide) groups is 1. The second kappa shape index (κ2) is 6.58. The van der Waals surface area contributed by atoms with Crippen LogP contribution in [0.25, 0.3) is 11.1 Å². The molecule has 5 nitrogen and oxygen atoms in total. The molecule has 21 heavy (non-hydrogen) atoms. The van der Waals surface area contributed by atoms with Crippen LogP contribution in [0.3, 0.4) is 0 Å². The molecule has 0 aliphatic heterocycles. The van der Waals surface area contributed by atoms with Crippen molar-refractivity contribution < 1.29 is 4.42 Å². The van der Waals surface area contributed by atoms with Gasteiger partial charge in [-0.2, -0.15) is 0 Å². The van der Waals surface area contributed by atoms with Crippen molar-refractivity contribution in [1.29, 1.82) is 0 Å². The molecule has 108 valence electrons. The average molecular weight is 300 g/mol. The summed E-state index contributed by atoms with van der Waals surface area (Å²) < 4.78 is 5.66. The van der Waals surface area contributed by atoms with Crippen LogP contribution in [0.5, 0.6) is 0 Å². The minimum absolute atomic E-state index is 0.659. The van der Waals surface area contributed by atoms with E-state index in [0.29, 0.717) is 11.0 Å². The lowest BCUT2D eigenvalue weighted by Crippen LogP contribution is -2.02. The van der Waals surface area contributed by atoms with Crippen LogP contribution in [0.4, 0.5) is 5.82 Å². The number of oxazole rings is 1. The van der Waals surface area contributed by atoms with Gasteiger partial charge in [0.1, 0.15) is 11.3 Å². The summed E-state index contributed by atoms with van der Waals surface area (Å²) in [4.78, 5) is 13.1. The van der Waals surface area contributed by atoms with Gasteiger partial charge in [-0.05, 0) is 18.6 Å². The van der Waals surface area contributed by atoms with Crippen LogP contribution in [-0.2, 0) is 5.75 Å². The molecule has 3 aromatic rings. The molecule has 1 N–H and O–H groups in total. The Morgan fingerprint density at radius 2 is 2.10 bits per heavy atom. The average Bonchev–Trinajstić information content (AvgIpc) is 2.95. The third kappa shape index (κ3) is 3.52. The molecule has 0 bridgehead atoms. The summed E-state index contributed by atoms with van der Waals surface area (Å²) in [7, 11) is 0. The molecule has 6 heteroatoms. The van der Waals surface area contributed by atoms with E-state index in [-0.39, 0.29) is 0 Å². The summed E-state index contributed by atoms with van der Waals surface area (Å²) in [6, 6.07) is 7.75. The molecule has 0 amide bonds. The quantitative estimate of drug-likeness (QED) is 0.700. The fraction of sp³-hybridized carbons (Fsp3) is 0.267. The Morgan fingerprint density at radius 1 is 1.19 bits per heavy atom. The van der Waals surface area contributed by atoms with E-state index in [1.807, 2.05) is 24.3 Å². The molecule has 0 saturated heterocycles. The van der Waals surface area contributed by atoms with Gasteiger partial charge in [0, 0.05) is 12.3 Å². The maximum Gasteiger partial charge on any atom is 0.257 e. The molecule has 0 radical (unpaired) electrons. The van der Waals surface area contributed by atoms with Crippen molar-refractivity contribution in [2.75, 3.05) is 11.9 Å². The lowest BCUT2D eigenvalue weighted by Gasteiger charge is -2.03. The molecule has 1 aromatic carbocycles. The zero-order chi connectivity index (χ0) is 14.5. The van der Waals surface area contributed by atoms with Gasteiger partial charge in [0.25, 0.3) is 5.22 Å². The first-order chi connectivity index (χ1) is 10.3. The molecule has 0 unspecified atom stereocenters. The number of aromatic nitrogens is 3. The Morgan fingerprint density at radius 3 is 2.86 bits per heavy atom. The standard InChI is InChI=1S/C15H16N4OS/c1-2-7-16-14-9-17-11(8-18-14)10-21-15-19-12-5-3-4-6-13(12)20-15/h3-6,8-9H,2,7,10H2,1H3,(H,16,18). The molecule has 0 atom stereocenters. The van der Waals surface area contributed by atoms with Crippen LogP contribution in [0, 0.1) is 0 Å². The summed E-state index contributed by atoms with van der Waals surface area (Å²) in [6.45, 7) is 3.03. The summed E-state index contributed by atoms with van der Waals surface area (Å²) in [5.41, 5.74) is 2.60. The zero-order valence-corrected chi connectivity index (χ0v) is 12.6. The highest BCUT2D eigenvalue weighted by molar-refractivity contribution is 7.98. The van der Waals surface area contributed by atoms with Crippen molar-refractivity contribution in [3.63, 3.8) is 0 Å². The number of hydrogen-bond acceptors (Lipinski definition) is 6. The van der Waals surface area contributed by atoms with Gasteiger partial charge >= 0.3 is 0 Å². The van der Waals surface area contributed by atoms with Gasteiger partial charge in [0.2, 0.25) is 0 Å². The SMILES string of the molecule is CCCNc1cnc(CSc2nc3ccccc3o2)cn1. The third-order valence-corrected chi connectivity index (χ3v) is 3.74. The van der Waals surface area contributed by atoms with Gasteiger partial charge in [-0.1, -0.05) is 30.8 Å². The molecule has 0 spiro atoms. The molecular weight excluding hydrogens is 284 g/mol. The molecule has 0 fully saturated rings. The number of para-hydroxylation sites is 2. The van der Waals surface area contributed by atoms with Crippen LogP contribution >= 0.6 is 11.8 Å². The zero-order valence-electron chi connectivity index (χ0n) is 11.7. The van der Waals surface area contributed by atoms with Gasteiger partial charge in [-0.25, -0.2) is 9.97 Å². The van der Waals surface area contributed by atoms with E-state index in [2.05, 4.69) is 27.2 Å². The summed E-state index contributed by atoms with van der Waals surface area (Å²) in [5, 5.41) is 3.86. The number of fused-ring (bicyclic) bond motifs is 1. The Bertz CT molecular complexity index is 678. The lowest BCUT2D eigenvalue weighted by atomic mass is 10.3. The molecule has 0 saturated carbocycles. The van der Waals surface area contributed by atoms with E-state index in [1.165, 1.54) is 11.8 Å². The molecular formula is C15H16N4OS. The molecule has 0 aliphatic rings. The van der Waals surface area contributed by atoms with Crippen LogP contribution in [0.2, 0.25) is 0 Å². The molecule has 0 aliphatic carbocycles. The van der Waals surface area contributed by atoms with E-state index in [9.17, 15) is 0 Å². The van der Waals surface area contributed by atoms with Crippen LogP contribution in [-0.4, -0.2) is 21.5 Å². The normalized spacial score (nSPS) is 10.9. The van der Waals surface area contributed by atoms with Crippen molar-refractivity contribution in [1.82, 2.24) is 15.0 Å². The highest BCUT2D eigenvalue weighted by Gasteiger charge is 2.06. The van der Waals surface area contributed by atoms with E-state index < -0.39 is 0 Å². The monoisotopic (exact) mass is 300 g/mol. The Balaban J connectivity index is 1.61. The number of nitrogens with one attached hydrogen (secondary N) is 1. The van der Waals surface area contributed by atoms with Gasteiger partial charge in [0.15, 0.2) is 5.58 Å². The van der Waals surface area contributed by atoms with Gasteiger partial charge < -0.3 is 9.73 Å². The van der Waals surface area contributed by atoms with Crippen molar-refractivity contribution in [3.8, 4) is 0 Å². The third-order valence-electron chi connectivity index (χ3n) is 2.88. The first-order valence-electron chi connectivity index (χ1n) is 6.88. The van der Waals surface area contributed by atoms with Gasteiger partial charge in [-0.15, -0.1) is 0 Å². The van der Waals surface area contributed by atoms with Gasteiger partial charge in [-0.3, -0.25) is 4.98 Å². The Labute approximate surface area is 127 Å². The van der Waals surface area contributed by atoms with Gasteiger partial charge in [0.05, 0.1) is 18.1 Å². The predicted molar refractivity (Wildman–Crippen MR) is 84.4 cm³/mol. The van der Waals surface area contributed by atoms with E-state index in [1.54, 1.807) is 12.4 Å². The molecule has 3 rings (SSSR count). The smallest absolute Gasteiger partial charge is 0.257 e. The highest BCUT2D eigenvalue weighted by Crippen LogP contribution is 2.25. The Hall–Kier alpha value is -2.08. The minimum Gasteiger partial charge on any atom is -0.431 e. The number of rotatable bonds is 6. The number of benzene rings is 1. The number of nitrogens with zero attached hydrogens (tertiary/aromatic N) is 3. The second-order valence-corrected chi connectivity index (χ2v) is 5.48. The first kappa shape index (κ1) is 13.9. The first-order valence-corrected chi connectivity index (χ1v) is 7.87. The number of hydrogen-bond donors (Lipinski definition) is 1. The second-order valence-electron chi connectivity index (χ2n) is 4.56. The maximum absolute atomic E-state index is 5.66. The van der Waals surface area contributed by atoms with Crippen LogP contribution in [0.1, 0.15) is 19.0 Å². The fourth-order valence-electron chi connectivity index (χ4n) is 1.82. The highest BCUT2D eigenvalue weighted by atomic mass is 32.2. The largest absolute Gasteiger partial charge is 0.431 e. The van der Waals surface area contributed by atoms with E-state index in [4.69, 9.17) is 4.42 Å². The Kier molecular flexibility index (Phi) is 4.35. The summed E-state index contributed by atoms with van der Waals surface area (Å²) in [6.07, 6.45) is 4.61. The van der Waals surface area contributed by atoms with E-state index >= 15 is 0 Å². The van der Waals surface area contributed by atoms with Crippen molar-refractivity contribution in [2.45, 2.75) is 24.3 Å². The van der Waals surface area contributed by atoms with Crippen molar-refractivity contribution >= 4 is 28.7 Å². The molecule has 2 aromatic heterocycles. The molecule has 2 heterocycles. The maximum atomic E-state index is 5.66. The predicted octanol–water partition coefficient (Wildman–Crippen LogP) is 3.73. The summed E-state index contributed by atoms with van der Waals surface area (Å²) >= 11 is 1.52. The van der Waals surface area contributed by atoms with Crippen LogP contribution in [0.15, 0.2) is 46.3 Å². The minimum atomic E-state index is 0.659. The topological polar surface area (TPSA) is 63.8 Å². The van der Waals surface area contributed by atoms with E-state index in [0.717, 1.165) is 35.6 Å². The fourth-order valence-corrected chi connectivity index (χ4v) is 2.55. The lowest BCUT2D eigenvalue weighted by molar-refractivity contribution is 0.489. The summed E-state index contributed by atoms with van der Waals surface area (Å²) in [5.74, 6) is 1.50.